The minimum Gasteiger partial charge on any atom is -0.395 e. The number of halogens is 2. The van der Waals surface area contributed by atoms with E-state index >= 15 is 0 Å². The van der Waals surface area contributed by atoms with E-state index in [-0.39, 0.29) is 34.2 Å². The van der Waals surface area contributed by atoms with Crippen molar-refractivity contribution in [3.8, 4) is 0 Å². The molecule has 0 unspecified atom stereocenters. The molecule has 0 spiro atoms. The molecule has 4 N–H and O–H groups in total. The third-order valence-electron chi connectivity index (χ3n) is 5.19. The van der Waals surface area contributed by atoms with Crippen molar-refractivity contribution in [3.63, 3.8) is 0 Å². The summed E-state index contributed by atoms with van der Waals surface area (Å²) in [4.78, 5) is 42.0. The summed E-state index contributed by atoms with van der Waals surface area (Å²) >= 11 is 12.2. The summed E-state index contributed by atoms with van der Waals surface area (Å²) < 4.78 is 24.8. The van der Waals surface area contributed by atoms with Crippen molar-refractivity contribution in [1.82, 2.24) is 25.7 Å². The largest absolute Gasteiger partial charge is 0.395 e. The van der Waals surface area contributed by atoms with Crippen LogP contribution in [-0.4, -0.2) is 78.9 Å². The second kappa shape index (κ2) is 10.9. The molecular formula is C19H24Cl2N6O6S. The van der Waals surface area contributed by atoms with Crippen molar-refractivity contribution >= 4 is 50.7 Å². The number of hydrogen-bond donors (Lipinski definition) is 4. The molecular weight excluding hydrogens is 511 g/mol. The molecule has 0 aliphatic carbocycles. The number of nitrogens with zero attached hydrogens (tertiary/aromatic N) is 3. The highest BCUT2D eigenvalue weighted by Crippen LogP contribution is 2.29. The zero-order valence-electron chi connectivity index (χ0n) is 18.4. The van der Waals surface area contributed by atoms with Gasteiger partial charge >= 0.3 is 0 Å². The van der Waals surface area contributed by atoms with E-state index in [9.17, 15) is 18.0 Å². The van der Waals surface area contributed by atoms with Crippen LogP contribution in [0.15, 0.2) is 11.2 Å². The molecule has 0 atom stereocenters. The lowest BCUT2D eigenvalue weighted by Gasteiger charge is -2.33. The van der Waals surface area contributed by atoms with Crippen LogP contribution in [-0.2, 0) is 14.7 Å². The Balaban J connectivity index is 1.75. The number of anilines is 1. The van der Waals surface area contributed by atoms with E-state index in [1.165, 1.54) is 13.2 Å². The van der Waals surface area contributed by atoms with Gasteiger partial charge in [-0.1, -0.05) is 23.2 Å². The summed E-state index contributed by atoms with van der Waals surface area (Å²) in [5, 5.41) is 11.9. The summed E-state index contributed by atoms with van der Waals surface area (Å²) in [5.41, 5.74) is 2.68. The molecule has 1 aliphatic heterocycles. The normalized spacial score (nSPS) is 14.8. The number of H-pyrrole nitrogens is 1. The lowest BCUT2D eigenvalue weighted by atomic mass is 10.0. The first-order chi connectivity index (χ1) is 16.1. The molecule has 2 amide bonds. The van der Waals surface area contributed by atoms with Crippen LogP contribution in [0.3, 0.4) is 0 Å². The standard InChI is InChI=1S/C19H24Cl2N6O6S/c1-10-14(20)15(21)16(22-10)18(30)23-11-3-5-27(6-4-11)13-9-12(17(29)26-33-2)24-19(25-13)34(31,32)8-7-28/h9,11,22,28H,3-8H2,1-2H3,(H,23,30)(H,26,29). The molecule has 3 rings (SSSR count). The molecule has 2 aromatic rings. The highest BCUT2D eigenvalue weighted by molar-refractivity contribution is 7.91. The van der Waals surface area contributed by atoms with Gasteiger partial charge in [-0.15, -0.1) is 0 Å². The lowest BCUT2D eigenvalue weighted by molar-refractivity contribution is 0.0531. The third kappa shape index (κ3) is 5.78. The van der Waals surface area contributed by atoms with Crippen LogP contribution >= 0.6 is 23.2 Å². The highest BCUT2D eigenvalue weighted by Gasteiger charge is 2.27. The van der Waals surface area contributed by atoms with Crippen molar-refractivity contribution in [2.75, 3.05) is 37.5 Å². The molecule has 0 aromatic carbocycles. The van der Waals surface area contributed by atoms with Crippen LogP contribution in [0.4, 0.5) is 5.82 Å². The van der Waals surface area contributed by atoms with Crippen LogP contribution in [0.2, 0.25) is 10.0 Å². The minimum atomic E-state index is -4.01. The molecule has 0 radical (unpaired) electrons. The number of carbonyl (C=O) groups is 2. The Morgan fingerprint density at radius 3 is 2.47 bits per heavy atom. The SMILES string of the molecule is CONC(=O)c1cc(N2CCC(NC(=O)c3[nH]c(C)c(Cl)c3Cl)CC2)nc(S(=O)(=O)CCO)n1. The van der Waals surface area contributed by atoms with Crippen molar-refractivity contribution in [2.45, 2.75) is 31.0 Å². The zero-order valence-corrected chi connectivity index (χ0v) is 20.7. The average molecular weight is 535 g/mol. The van der Waals surface area contributed by atoms with Gasteiger partial charge in [0, 0.05) is 30.9 Å². The van der Waals surface area contributed by atoms with Crippen molar-refractivity contribution < 1.29 is 28.0 Å². The minimum absolute atomic E-state index is 0.161. The number of hydroxylamine groups is 1. The molecule has 15 heteroatoms. The van der Waals surface area contributed by atoms with E-state index < -0.39 is 33.3 Å². The van der Waals surface area contributed by atoms with Crippen molar-refractivity contribution in [2.24, 2.45) is 0 Å². The van der Waals surface area contributed by atoms with Crippen molar-refractivity contribution in [3.05, 3.63) is 33.2 Å². The summed E-state index contributed by atoms with van der Waals surface area (Å²) in [6.07, 6.45) is 1.05. The number of aromatic amines is 1. The lowest BCUT2D eigenvalue weighted by Crippen LogP contribution is -2.45. The van der Waals surface area contributed by atoms with Gasteiger partial charge < -0.3 is 20.3 Å². The van der Waals surface area contributed by atoms with E-state index in [2.05, 4.69) is 30.6 Å². The van der Waals surface area contributed by atoms with Gasteiger partial charge in [0.1, 0.15) is 17.2 Å². The Morgan fingerprint density at radius 1 is 1.24 bits per heavy atom. The Kier molecular flexibility index (Phi) is 8.36. The fourth-order valence-corrected chi connectivity index (χ4v) is 4.73. The number of sulfone groups is 1. The molecule has 0 bridgehead atoms. The van der Waals surface area contributed by atoms with E-state index in [0.717, 1.165) is 0 Å². The number of rotatable bonds is 8. The van der Waals surface area contributed by atoms with Gasteiger partial charge in [0.05, 0.1) is 29.5 Å². The number of aromatic nitrogens is 3. The van der Waals surface area contributed by atoms with Crippen LogP contribution in [0.5, 0.6) is 0 Å². The number of piperidine rings is 1. The summed E-state index contributed by atoms with van der Waals surface area (Å²) in [6, 6.07) is 1.19. The predicted octanol–water partition coefficient (Wildman–Crippen LogP) is 0.876. The molecule has 1 saturated heterocycles. The Morgan fingerprint density at radius 2 is 1.91 bits per heavy atom. The fourth-order valence-electron chi connectivity index (χ4n) is 3.43. The van der Waals surface area contributed by atoms with E-state index in [0.29, 0.717) is 36.6 Å². The summed E-state index contributed by atoms with van der Waals surface area (Å²) in [5.74, 6) is -1.48. The molecule has 1 fully saturated rings. The number of aliphatic hydroxyl groups excluding tert-OH is 1. The van der Waals surface area contributed by atoms with Crippen LogP contribution in [0, 0.1) is 6.92 Å². The monoisotopic (exact) mass is 534 g/mol. The maximum atomic E-state index is 12.6. The molecule has 186 valence electrons. The maximum Gasteiger partial charge on any atom is 0.293 e. The Bertz CT molecular complexity index is 1180. The number of carbonyl (C=O) groups excluding carboxylic acids is 2. The molecule has 2 aromatic heterocycles. The summed E-state index contributed by atoms with van der Waals surface area (Å²) in [7, 11) is -2.77. The number of hydrogen-bond acceptors (Lipinski definition) is 9. The van der Waals surface area contributed by atoms with Crippen LogP contribution < -0.4 is 15.7 Å². The smallest absolute Gasteiger partial charge is 0.293 e. The van der Waals surface area contributed by atoms with Gasteiger partial charge in [0.15, 0.2) is 0 Å². The van der Waals surface area contributed by atoms with Gasteiger partial charge in [-0.2, -0.15) is 0 Å². The molecule has 3 heterocycles. The van der Waals surface area contributed by atoms with Gasteiger partial charge in [0.25, 0.3) is 11.8 Å². The van der Waals surface area contributed by atoms with Gasteiger partial charge in [0.2, 0.25) is 15.0 Å². The van der Waals surface area contributed by atoms with Crippen LogP contribution in [0.25, 0.3) is 0 Å². The van der Waals surface area contributed by atoms with E-state index in [1.54, 1.807) is 11.8 Å². The maximum absolute atomic E-state index is 12.6. The first kappa shape index (κ1) is 26.2. The highest BCUT2D eigenvalue weighted by atomic mass is 35.5. The van der Waals surface area contributed by atoms with Gasteiger partial charge in [-0.25, -0.2) is 23.9 Å². The number of aliphatic hydroxyl groups is 1. The quantitative estimate of drug-likeness (QED) is 0.283. The Labute approximate surface area is 205 Å². The average Bonchev–Trinajstić information content (AvgIpc) is 3.06. The van der Waals surface area contributed by atoms with E-state index in [1.807, 2.05) is 0 Å². The van der Waals surface area contributed by atoms with Gasteiger partial charge in [-0.3, -0.25) is 14.4 Å². The van der Waals surface area contributed by atoms with Gasteiger partial charge in [-0.05, 0) is 19.8 Å². The van der Waals surface area contributed by atoms with Crippen LogP contribution in [0.1, 0.15) is 39.5 Å². The number of nitrogens with one attached hydrogen (secondary N) is 3. The number of aryl methyl sites for hydroxylation is 1. The molecule has 1 aliphatic rings. The Hall–Kier alpha value is -2.45. The predicted molar refractivity (Wildman–Crippen MR) is 124 cm³/mol. The first-order valence-electron chi connectivity index (χ1n) is 10.2. The molecule has 0 saturated carbocycles. The molecule has 12 nitrogen and oxygen atoms in total. The summed E-state index contributed by atoms with van der Waals surface area (Å²) in [6.45, 7) is 1.94. The fraction of sp³-hybridized carbons (Fsp3) is 0.474. The second-order valence-electron chi connectivity index (χ2n) is 7.56. The number of amides is 2. The second-order valence-corrected chi connectivity index (χ2v) is 10.3. The topological polar surface area (TPSA) is 167 Å². The van der Waals surface area contributed by atoms with Crippen molar-refractivity contribution in [1.29, 1.82) is 0 Å². The third-order valence-corrected chi connectivity index (χ3v) is 7.60. The zero-order chi connectivity index (χ0) is 25.0. The molecule has 34 heavy (non-hydrogen) atoms. The first-order valence-corrected chi connectivity index (χ1v) is 12.6. The van der Waals surface area contributed by atoms with E-state index in [4.69, 9.17) is 28.3 Å².